The zero-order valence-corrected chi connectivity index (χ0v) is 14.5. The summed E-state index contributed by atoms with van der Waals surface area (Å²) < 4.78 is 11.1. The summed E-state index contributed by atoms with van der Waals surface area (Å²) in [6, 6.07) is 2.97. The lowest BCUT2D eigenvalue weighted by Crippen LogP contribution is -2.34. The van der Waals surface area contributed by atoms with Crippen molar-refractivity contribution in [3.8, 4) is 5.75 Å². The molecule has 8 heteroatoms. The smallest absolute Gasteiger partial charge is 0.407 e. The Hall–Kier alpha value is -1.83. The predicted octanol–water partition coefficient (Wildman–Crippen LogP) is 3.57. The van der Waals surface area contributed by atoms with Gasteiger partial charge in [0.15, 0.2) is 0 Å². The van der Waals surface area contributed by atoms with Gasteiger partial charge in [-0.3, -0.25) is 10.1 Å². The molecule has 0 spiro atoms. The van der Waals surface area contributed by atoms with Gasteiger partial charge in [0, 0.05) is 5.56 Å². The maximum atomic E-state index is 11.4. The van der Waals surface area contributed by atoms with E-state index in [1.165, 1.54) is 6.07 Å². The summed E-state index contributed by atoms with van der Waals surface area (Å²) in [6.45, 7) is 7.35. The van der Waals surface area contributed by atoms with Crippen LogP contribution in [-0.4, -0.2) is 29.8 Å². The number of hydrogen-bond acceptors (Lipinski definition) is 5. The molecular weight excluding hydrogens is 356 g/mol. The first-order chi connectivity index (χ1) is 10.1. The first-order valence-electron chi connectivity index (χ1n) is 6.64. The molecule has 0 heterocycles. The Morgan fingerprint density at radius 2 is 2.05 bits per heavy atom. The van der Waals surface area contributed by atoms with Crippen LogP contribution in [0.5, 0.6) is 5.75 Å². The lowest BCUT2D eigenvalue weighted by Gasteiger charge is -2.19. The minimum atomic E-state index is -0.564. The fourth-order valence-corrected chi connectivity index (χ4v) is 2.15. The maximum absolute atomic E-state index is 11.4. The third-order valence-electron chi connectivity index (χ3n) is 2.47. The lowest BCUT2D eigenvalue weighted by atomic mass is 10.2. The molecule has 0 saturated heterocycles. The van der Waals surface area contributed by atoms with Crippen LogP contribution in [0.2, 0.25) is 0 Å². The molecule has 0 atom stereocenters. The van der Waals surface area contributed by atoms with E-state index in [1.54, 1.807) is 33.8 Å². The number of benzene rings is 1. The van der Waals surface area contributed by atoms with E-state index in [9.17, 15) is 14.9 Å². The van der Waals surface area contributed by atoms with Crippen LogP contribution in [0.15, 0.2) is 16.6 Å². The number of alkyl carbamates (subject to hydrolysis) is 1. The second-order valence-corrected chi connectivity index (χ2v) is 6.46. The summed E-state index contributed by atoms with van der Waals surface area (Å²) in [5.41, 5.74) is -0.0414. The molecule has 0 aliphatic carbocycles. The topological polar surface area (TPSA) is 90.7 Å². The van der Waals surface area contributed by atoms with Gasteiger partial charge >= 0.3 is 6.09 Å². The number of amides is 1. The maximum Gasteiger partial charge on any atom is 0.407 e. The molecule has 0 radical (unpaired) electrons. The van der Waals surface area contributed by atoms with Crippen molar-refractivity contribution in [3.05, 3.63) is 32.3 Å². The van der Waals surface area contributed by atoms with Gasteiger partial charge in [0.1, 0.15) is 18.0 Å². The molecule has 22 heavy (non-hydrogen) atoms. The predicted molar refractivity (Wildman–Crippen MR) is 85.3 cm³/mol. The molecular formula is C14H19BrN2O5. The Morgan fingerprint density at radius 3 is 2.59 bits per heavy atom. The van der Waals surface area contributed by atoms with E-state index in [0.29, 0.717) is 15.8 Å². The monoisotopic (exact) mass is 374 g/mol. The molecule has 0 aromatic heterocycles. The van der Waals surface area contributed by atoms with Crippen molar-refractivity contribution < 1.29 is 19.2 Å². The van der Waals surface area contributed by atoms with Crippen LogP contribution in [0.25, 0.3) is 0 Å². The number of nitrogens with one attached hydrogen (secondary N) is 1. The molecule has 1 rings (SSSR count). The van der Waals surface area contributed by atoms with Crippen molar-refractivity contribution in [2.75, 3.05) is 13.2 Å². The largest absolute Gasteiger partial charge is 0.490 e. The first kappa shape index (κ1) is 18.2. The van der Waals surface area contributed by atoms with E-state index in [0.717, 1.165) is 0 Å². The Kier molecular flexibility index (Phi) is 6.16. The number of nitro groups is 1. The molecule has 1 aromatic rings. The van der Waals surface area contributed by atoms with Gasteiger partial charge in [-0.15, -0.1) is 0 Å². The summed E-state index contributed by atoms with van der Waals surface area (Å²) in [6.07, 6.45) is -0.537. The van der Waals surface area contributed by atoms with E-state index in [2.05, 4.69) is 21.2 Å². The summed E-state index contributed by atoms with van der Waals surface area (Å²) >= 11 is 3.29. The minimum absolute atomic E-state index is 0.0155. The van der Waals surface area contributed by atoms with Crippen LogP contribution in [0.4, 0.5) is 10.5 Å². The number of halogens is 1. The van der Waals surface area contributed by atoms with Gasteiger partial charge in [0.2, 0.25) is 0 Å². The number of nitrogens with zero attached hydrogens (tertiary/aromatic N) is 1. The molecule has 0 aliphatic rings. The van der Waals surface area contributed by atoms with Crippen LogP contribution in [0.1, 0.15) is 26.3 Å². The zero-order valence-electron chi connectivity index (χ0n) is 12.9. The van der Waals surface area contributed by atoms with Crippen molar-refractivity contribution in [2.24, 2.45) is 0 Å². The Labute approximate surface area is 137 Å². The van der Waals surface area contributed by atoms with E-state index in [4.69, 9.17) is 9.47 Å². The third kappa shape index (κ3) is 5.88. The van der Waals surface area contributed by atoms with Gasteiger partial charge < -0.3 is 14.8 Å². The van der Waals surface area contributed by atoms with E-state index in [1.807, 2.05) is 0 Å². The minimum Gasteiger partial charge on any atom is -0.490 e. The molecule has 1 amide bonds. The zero-order chi connectivity index (χ0) is 16.9. The number of ether oxygens (including phenoxy) is 2. The highest BCUT2D eigenvalue weighted by atomic mass is 79.9. The third-order valence-corrected chi connectivity index (χ3v) is 3.09. The van der Waals surface area contributed by atoms with Crippen molar-refractivity contribution in [1.29, 1.82) is 0 Å². The van der Waals surface area contributed by atoms with E-state index >= 15 is 0 Å². The molecule has 0 aliphatic heterocycles. The van der Waals surface area contributed by atoms with Crippen LogP contribution in [-0.2, 0) is 4.74 Å². The van der Waals surface area contributed by atoms with Crippen LogP contribution in [0, 0.1) is 17.0 Å². The van der Waals surface area contributed by atoms with Crippen LogP contribution >= 0.6 is 15.9 Å². The van der Waals surface area contributed by atoms with Gasteiger partial charge in [0.05, 0.1) is 22.0 Å². The fourth-order valence-electron chi connectivity index (χ4n) is 1.58. The van der Waals surface area contributed by atoms with E-state index < -0.39 is 16.6 Å². The summed E-state index contributed by atoms with van der Waals surface area (Å²) in [4.78, 5) is 21.9. The SMILES string of the molecule is Cc1cc(Br)c(OCCNC(=O)OC(C)(C)C)cc1[N+](=O)[O-]. The number of nitro benzene ring substituents is 1. The quantitative estimate of drug-likeness (QED) is 0.483. The highest BCUT2D eigenvalue weighted by Gasteiger charge is 2.17. The molecule has 7 nitrogen and oxygen atoms in total. The van der Waals surface area contributed by atoms with Gasteiger partial charge in [0.25, 0.3) is 5.69 Å². The van der Waals surface area contributed by atoms with Crippen molar-refractivity contribution in [1.82, 2.24) is 5.32 Å². The van der Waals surface area contributed by atoms with E-state index in [-0.39, 0.29) is 18.8 Å². The molecule has 0 fully saturated rings. The normalized spacial score (nSPS) is 11.0. The highest BCUT2D eigenvalue weighted by Crippen LogP contribution is 2.32. The van der Waals surface area contributed by atoms with Gasteiger partial charge in [-0.2, -0.15) is 0 Å². The van der Waals surface area contributed by atoms with Crippen molar-refractivity contribution in [2.45, 2.75) is 33.3 Å². The van der Waals surface area contributed by atoms with Crippen LogP contribution < -0.4 is 10.1 Å². The summed E-state index contributed by atoms with van der Waals surface area (Å²) in [5, 5.41) is 13.4. The van der Waals surface area contributed by atoms with Crippen LogP contribution in [0.3, 0.4) is 0 Å². The average Bonchev–Trinajstić information content (AvgIpc) is 2.33. The fraction of sp³-hybridized carbons (Fsp3) is 0.500. The molecule has 1 N–H and O–H groups in total. The molecule has 0 saturated carbocycles. The molecule has 122 valence electrons. The Bertz CT molecular complexity index is 569. The number of rotatable bonds is 5. The van der Waals surface area contributed by atoms with Gasteiger partial charge in [-0.25, -0.2) is 4.79 Å². The number of carbonyl (C=O) groups is 1. The lowest BCUT2D eigenvalue weighted by molar-refractivity contribution is -0.385. The molecule has 0 bridgehead atoms. The number of hydrogen-bond donors (Lipinski definition) is 1. The second kappa shape index (κ2) is 7.44. The summed E-state index contributed by atoms with van der Waals surface area (Å²) in [5.74, 6) is 0.350. The standard InChI is InChI=1S/C14H19BrN2O5/c1-9-7-10(15)12(8-11(9)17(19)20)21-6-5-16-13(18)22-14(2,3)4/h7-8H,5-6H2,1-4H3,(H,16,18). The van der Waals surface area contributed by atoms with Gasteiger partial charge in [-0.1, -0.05) is 0 Å². The molecule has 0 unspecified atom stereocenters. The van der Waals surface area contributed by atoms with Crippen molar-refractivity contribution in [3.63, 3.8) is 0 Å². The highest BCUT2D eigenvalue weighted by molar-refractivity contribution is 9.10. The Balaban J connectivity index is 2.54. The molecule has 1 aromatic carbocycles. The second-order valence-electron chi connectivity index (χ2n) is 5.60. The summed E-state index contributed by atoms with van der Waals surface area (Å²) in [7, 11) is 0. The first-order valence-corrected chi connectivity index (χ1v) is 7.43. The number of carbonyl (C=O) groups excluding carboxylic acids is 1. The van der Waals surface area contributed by atoms with Crippen molar-refractivity contribution >= 4 is 27.7 Å². The average molecular weight is 375 g/mol. The van der Waals surface area contributed by atoms with Gasteiger partial charge in [-0.05, 0) is 49.7 Å². The Morgan fingerprint density at radius 1 is 1.41 bits per heavy atom. The number of aryl methyl sites for hydroxylation is 1.